The topological polar surface area (TPSA) is 64.1 Å². The predicted octanol–water partition coefficient (Wildman–Crippen LogP) is 3.73. The number of hydrogen-bond donors (Lipinski definition) is 0. The van der Waals surface area contributed by atoms with Crippen LogP contribution in [0.5, 0.6) is 17.2 Å². The molecule has 3 aromatic rings. The van der Waals surface area contributed by atoms with E-state index in [0.29, 0.717) is 31.0 Å². The van der Waals surface area contributed by atoms with Crippen LogP contribution in [0.25, 0.3) is 10.6 Å². The predicted molar refractivity (Wildman–Crippen MR) is 126 cm³/mol. The van der Waals surface area contributed by atoms with Crippen LogP contribution in [-0.4, -0.2) is 63.3 Å². The third-order valence-corrected chi connectivity index (χ3v) is 6.51. The van der Waals surface area contributed by atoms with Crippen LogP contribution in [-0.2, 0) is 11.2 Å². The Kier molecular flexibility index (Phi) is 6.80. The van der Waals surface area contributed by atoms with Gasteiger partial charge in [0.2, 0.25) is 5.91 Å². The summed E-state index contributed by atoms with van der Waals surface area (Å²) in [4.78, 5) is 21.7. The lowest BCUT2D eigenvalue weighted by Gasteiger charge is -2.36. The van der Waals surface area contributed by atoms with Gasteiger partial charge in [-0.15, -0.1) is 11.3 Å². The Balaban J connectivity index is 1.37. The van der Waals surface area contributed by atoms with E-state index in [1.54, 1.807) is 21.3 Å². The van der Waals surface area contributed by atoms with Gasteiger partial charge in [0.05, 0.1) is 39.1 Å². The van der Waals surface area contributed by atoms with Crippen molar-refractivity contribution in [3.63, 3.8) is 0 Å². The summed E-state index contributed by atoms with van der Waals surface area (Å²) >= 11 is 1.53. The first-order chi connectivity index (χ1) is 15.6. The minimum atomic E-state index is 0.105. The fourth-order valence-electron chi connectivity index (χ4n) is 3.84. The number of hydrogen-bond acceptors (Lipinski definition) is 7. The van der Waals surface area contributed by atoms with Gasteiger partial charge in [-0.1, -0.05) is 12.1 Å². The number of carbonyl (C=O) groups is 1. The standard InChI is InChI=1S/C24H27N3O4S/c1-29-20-7-5-4-6-19(20)26-10-12-27(13-11-26)23(28)15-18-16-32-24(25-18)17-8-9-21(30-2)22(14-17)31-3/h4-9,14,16H,10-13,15H2,1-3H3. The molecule has 1 aliphatic heterocycles. The molecular weight excluding hydrogens is 426 g/mol. The van der Waals surface area contributed by atoms with E-state index in [0.717, 1.165) is 40.8 Å². The molecule has 4 rings (SSSR count). The van der Waals surface area contributed by atoms with E-state index >= 15 is 0 Å². The van der Waals surface area contributed by atoms with Crippen molar-refractivity contribution in [2.45, 2.75) is 6.42 Å². The fourth-order valence-corrected chi connectivity index (χ4v) is 4.66. The summed E-state index contributed by atoms with van der Waals surface area (Å²) < 4.78 is 16.2. The lowest BCUT2D eigenvalue weighted by atomic mass is 10.2. The summed E-state index contributed by atoms with van der Waals surface area (Å²) in [6.07, 6.45) is 0.304. The van der Waals surface area contributed by atoms with Gasteiger partial charge in [0.15, 0.2) is 11.5 Å². The Bertz CT molecular complexity index is 1080. The number of aromatic nitrogens is 1. The normalized spacial score (nSPS) is 13.7. The van der Waals surface area contributed by atoms with E-state index < -0.39 is 0 Å². The number of benzene rings is 2. The van der Waals surface area contributed by atoms with E-state index in [1.165, 1.54) is 11.3 Å². The molecule has 168 valence electrons. The number of anilines is 1. The average Bonchev–Trinajstić information content (AvgIpc) is 3.32. The SMILES string of the molecule is COc1ccc(-c2nc(CC(=O)N3CCN(c4ccccc4OC)CC3)cs2)cc1OC. The molecule has 2 heterocycles. The largest absolute Gasteiger partial charge is 0.495 e. The van der Waals surface area contributed by atoms with E-state index in [2.05, 4.69) is 16.0 Å². The highest BCUT2D eigenvalue weighted by Gasteiger charge is 2.23. The molecule has 1 fully saturated rings. The molecule has 0 aliphatic carbocycles. The molecule has 8 heteroatoms. The first kappa shape index (κ1) is 22.0. The minimum Gasteiger partial charge on any atom is -0.495 e. The molecule has 0 radical (unpaired) electrons. The van der Waals surface area contributed by atoms with Crippen LogP contribution in [0, 0.1) is 0 Å². The van der Waals surface area contributed by atoms with Gasteiger partial charge in [0.1, 0.15) is 10.8 Å². The highest BCUT2D eigenvalue weighted by atomic mass is 32.1. The number of amides is 1. The summed E-state index contributed by atoms with van der Waals surface area (Å²) in [5, 5.41) is 2.81. The number of ether oxygens (including phenoxy) is 3. The van der Waals surface area contributed by atoms with Crippen molar-refractivity contribution in [2.75, 3.05) is 52.4 Å². The summed E-state index contributed by atoms with van der Waals surface area (Å²) in [5.74, 6) is 2.30. The maximum Gasteiger partial charge on any atom is 0.228 e. The van der Waals surface area contributed by atoms with Gasteiger partial charge in [-0.25, -0.2) is 4.98 Å². The van der Waals surface area contributed by atoms with Gasteiger partial charge in [-0.3, -0.25) is 4.79 Å². The Morgan fingerprint density at radius 2 is 1.66 bits per heavy atom. The van der Waals surface area contributed by atoms with Gasteiger partial charge in [0, 0.05) is 37.1 Å². The monoisotopic (exact) mass is 453 g/mol. The number of para-hydroxylation sites is 2. The second-order valence-electron chi connectivity index (χ2n) is 7.43. The van der Waals surface area contributed by atoms with Crippen LogP contribution >= 0.6 is 11.3 Å². The fraction of sp³-hybridized carbons (Fsp3) is 0.333. The van der Waals surface area contributed by atoms with Gasteiger partial charge in [-0.2, -0.15) is 0 Å². The molecular formula is C24H27N3O4S. The Morgan fingerprint density at radius 3 is 2.38 bits per heavy atom. The molecule has 1 saturated heterocycles. The molecule has 0 bridgehead atoms. The second-order valence-corrected chi connectivity index (χ2v) is 8.29. The number of methoxy groups -OCH3 is 3. The Morgan fingerprint density at radius 1 is 0.938 bits per heavy atom. The molecule has 0 spiro atoms. The van der Waals surface area contributed by atoms with Crippen LogP contribution in [0.4, 0.5) is 5.69 Å². The number of piperazine rings is 1. The number of rotatable bonds is 7. The Labute approximate surface area is 192 Å². The zero-order valence-corrected chi connectivity index (χ0v) is 19.4. The van der Waals surface area contributed by atoms with E-state index in [9.17, 15) is 4.79 Å². The highest BCUT2D eigenvalue weighted by Crippen LogP contribution is 2.34. The van der Waals surface area contributed by atoms with Crippen LogP contribution in [0.2, 0.25) is 0 Å². The van der Waals surface area contributed by atoms with Crippen LogP contribution in [0.15, 0.2) is 47.8 Å². The summed E-state index contributed by atoms with van der Waals surface area (Å²) in [6.45, 7) is 2.92. The van der Waals surface area contributed by atoms with Crippen molar-refractivity contribution in [3.05, 3.63) is 53.5 Å². The molecule has 1 aliphatic rings. The molecule has 0 saturated carbocycles. The molecule has 1 aromatic heterocycles. The number of carbonyl (C=O) groups excluding carboxylic acids is 1. The molecule has 0 unspecified atom stereocenters. The molecule has 0 N–H and O–H groups in total. The van der Waals surface area contributed by atoms with Crippen molar-refractivity contribution in [1.82, 2.24) is 9.88 Å². The highest BCUT2D eigenvalue weighted by molar-refractivity contribution is 7.13. The van der Waals surface area contributed by atoms with Crippen molar-refractivity contribution in [3.8, 4) is 27.8 Å². The lowest BCUT2D eigenvalue weighted by molar-refractivity contribution is -0.130. The van der Waals surface area contributed by atoms with Crippen molar-refractivity contribution >= 4 is 22.9 Å². The number of thiazole rings is 1. The van der Waals surface area contributed by atoms with E-state index in [1.807, 2.05) is 46.7 Å². The van der Waals surface area contributed by atoms with Gasteiger partial charge < -0.3 is 24.0 Å². The minimum absolute atomic E-state index is 0.105. The molecule has 7 nitrogen and oxygen atoms in total. The van der Waals surface area contributed by atoms with Crippen molar-refractivity contribution in [2.24, 2.45) is 0 Å². The molecule has 0 atom stereocenters. The molecule has 2 aromatic carbocycles. The zero-order valence-electron chi connectivity index (χ0n) is 18.5. The van der Waals surface area contributed by atoms with Gasteiger partial charge >= 0.3 is 0 Å². The maximum absolute atomic E-state index is 12.9. The smallest absolute Gasteiger partial charge is 0.228 e. The Hall–Kier alpha value is -3.26. The summed E-state index contributed by atoms with van der Waals surface area (Å²) in [5.41, 5.74) is 2.80. The van der Waals surface area contributed by atoms with E-state index in [-0.39, 0.29) is 5.91 Å². The van der Waals surface area contributed by atoms with E-state index in [4.69, 9.17) is 14.2 Å². The second kappa shape index (κ2) is 9.91. The zero-order chi connectivity index (χ0) is 22.5. The van der Waals surface area contributed by atoms with Gasteiger partial charge in [-0.05, 0) is 30.3 Å². The van der Waals surface area contributed by atoms with Crippen molar-refractivity contribution in [1.29, 1.82) is 0 Å². The molecule has 1 amide bonds. The average molecular weight is 454 g/mol. The molecule has 32 heavy (non-hydrogen) atoms. The number of nitrogens with zero attached hydrogens (tertiary/aromatic N) is 3. The first-order valence-corrected chi connectivity index (χ1v) is 11.3. The summed E-state index contributed by atoms with van der Waals surface area (Å²) in [6, 6.07) is 13.7. The first-order valence-electron chi connectivity index (χ1n) is 10.5. The lowest BCUT2D eigenvalue weighted by Crippen LogP contribution is -2.49. The van der Waals surface area contributed by atoms with Crippen LogP contribution in [0.3, 0.4) is 0 Å². The maximum atomic E-state index is 12.9. The third-order valence-electron chi connectivity index (χ3n) is 5.57. The quantitative estimate of drug-likeness (QED) is 0.543. The summed E-state index contributed by atoms with van der Waals surface area (Å²) in [7, 11) is 4.91. The van der Waals surface area contributed by atoms with Gasteiger partial charge in [0.25, 0.3) is 0 Å². The van der Waals surface area contributed by atoms with Crippen molar-refractivity contribution < 1.29 is 19.0 Å². The van der Waals surface area contributed by atoms with Crippen LogP contribution < -0.4 is 19.1 Å². The van der Waals surface area contributed by atoms with Crippen LogP contribution in [0.1, 0.15) is 5.69 Å². The third kappa shape index (κ3) is 4.65.